The van der Waals surface area contributed by atoms with Gasteiger partial charge >= 0.3 is 5.97 Å². The topological polar surface area (TPSA) is 87.1 Å². The van der Waals surface area contributed by atoms with E-state index < -0.39 is 33.3 Å². The van der Waals surface area contributed by atoms with Crippen molar-refractivity contribution in [1.82, 2.24) is 4.90 Å². The molecule has 0 saturated carbocycles. The van der Waals surface area contributed by atoms with Gasteiger partial charge in [0.05, 0.1) is 29.8 Å². The highest BCUT2D eigenvalue weighted by Gasteiger charge is 2.73. The molecule has 1 N–H and O–H groups in total. The molecule has 2 saturated heterocycles. The summed E-state index contributed by atoms with van der Waals surface area (Å²) in [5, 5.41) is 10.3. The van der Waals surface area contributed by atoms with Crippen LogP contribution in [0.2, 0.25) is 5.02 Å². The van der Waals surface area contributed by atoms with Crippen LogP contribution < -0.4 is 4.90 Å². The zero-order valence-electron chi connectivity index (χ0n) is 18.9. The van der Waals surface area contributed by atoms with E-state index in [0.717, 1.165) is 12.8 Å². The molecule has 1 unspecified atom stereocenters. The number of nitrogens with zero attached hydrogens (tertiary/aromatic N) is 2. The van der Waals surface area contributed by atoms with Crippen LogP contribution in [-0.2, 0) is 19.1 Å². The van der Waals surface area contributed by atoms with Crippen molar-refractivity contribution in [3.8, 4) is 0 Å². The lowest BCUT2D eigenvalue weighted by Crippen LogP contribution is -2.54. The molecule has 2 amide bonds. The van der Waals surface area contributed by atoms with Crippen molar-refractivity contribution in [3.05, 3.63) is 53.6 Å². The fraction of sp³-hybridized carbons (Fsp3) is 0.480. The third kappa shape index (κ3) is 3.49. The van der Waals surface area contributed by atoms with Gasteiger partial charge in [0.1, 0.15) is 6.04 Å². The third-order valence-electron chi connectivity index (χ3n) is 7.23. The quantitative estimate of drug-likeness (QED) is 0.505. The maximum absolute atomic E-state index is 14.1. The average Bonchev–Trinajstić information content (AvgIpc) is 3.14. The second kappa shape index (κ2) is 8.73. The molecule has 0 aromatic heterocycles. The number of benzene rings is 1. The van der Waals surface area contributed by atoms with Crippen molar-refractivity contribution in [2.45, 2.75) is 35.3 Å². The summed E-state index contributed by atoms with van der Waals surface area (Å²) >= 11 is 7.55. The monoisotopic (exact) mass is 502 g/mol. The highest BCUT2D eigenvalue weighted by Crippen LogP contribution is 2.65. The molecule has 4 aliphatic rings. The van der Waals surface area contributed by atoms with Gasteiger partial charge in [-0.15, -0.1) is 11.8 Å². The first-order valence-corrected chi connectivity index (χ1v) is 12.7. The number of carbonyl (C=O) groups is 3. The van der Waals surface area contributed by atoms with Crippen molar-refractivity contribution in [2.75, 3.05) is 31.2 Å². The fourth-order valence-electron chi connectivity index (χ4n) is 5.83. The van der Waals surface area contributed by atoms with E-state index in [0.29, 0.717) is 23.9 Å². The minimum Gasteiger partial charge on any atom is -0.465 e. The molecule has 0 bridgehead atoms. The van der Waals surface area contributed by atoms with Gasteiger partial charge in [0.2, 0.25) is 5.91 Å². The SMILES string of the molecule is C[C@@]12/C=C\CCCOC(=O)[C@@H]1[C@H]1C(=O)N(CCO)C3C(=O)N(c4ccc(Cl)cc4)CC=C[C@@]31S2. The second-order valence-electron chi connectivity index (χ2n) is 9.29. The molecule has 7 nitrogen and oxygen atoms in total. The number of aliphatic hydroxyl groups excluding tert-OH is 1. The number of allylic oxidation sites excluding steroid dienone is 1. The van der Waals surface area contributed by atoms with E-state index in [1.54, 1.807) is 29.2 Å². The average molecular weight is 503 g/mol. The maximum atomic E-state index is 14.1. The summed E-state index contributed by atoms with van der Waals surface area (Å²) in [5.74, 6) is -2.43. The number of β-amino-alcohol motifs (C(OH)–C–C–N with tert-alkyl or cyclic N) is 1. The molecule has 9 heteroatoms. The smallest absolute Gasteiger partial charge is 0.311 e. The number of aliphatic hydroxyl groups is 1. The molecule has 0 radical (unpaired) electrons. The molecule has 1 aromatic rings. The van der Waals surface area contributed by atoms with Gasteiger partial charge in [0, 0.05) is 28.5 Å². The largest absolute Gasteiger partial charge is 0.465 e. The van der Waals surface area contributed by atoms with Crippen LogP contribution in [-0.4, -0.2) is 69.6 Å². The summed E-state index contributed by atoms with van der Waals surface area (Å²) < 4.78 is 3.93. The van der Waals surface area contributed by atoms with Crippen LogP contribution in [0.25, 0.3) is 0 Å². The van der Waals surface area contributed by atoms with E-state index in [1.807, 2.05) is 31.2 Å². The van der Waals surface area contributed by atoms with E-state index in [2.05, 4.69) is 0 Å². The van der Waals surface area contributed by atoms with Gasteiger partial charge in [0.15, 0.2) is 0 Å². The summed E-state index contributed by atoms with van der Waals surface area (Å²) in [4.78, 5) is 44.3. The molecule has 5 atom stereocenters. The molecular formula is C25H27ClN2O5S. The minimum absolute atomic E-state index is 0.0185. The normalized spacial score (nSPS) is 36.1. The Morgan fingerprint density at radius 3 is 2.62 bits per heavy atom. The molecule has 4 heterocycles. The van der Waals surface area contributed by atoms with E-state index in [9.17, 15) is 19.5 Å². The lowest BCUT2D eigenvalue weighted by atomic mass is 9.74. The Bertz CT molecular complexity index is 1080. The fourth-order valence-corrected chi connectivity index (χ4v) is 8.11. The van der Waals surface area contributed by atoms with Crippen molar-refractivity contribution in [2.24, 2.45) is 11.8 Å². The number of esters is 1. The molecule has 1 aromatic carbocycles. The van der Waals surface area contributed by atoms with Gasteiger partial charge in [-0.1, -0.05) is 35.9 Å². The Kier molecular flexibility index (Phi) is 6.02. The molecule has 1 spiro atoms. The highest BCUT2D eigenvalue weighted by molar-refractivity contribution is 8.02. The second-order valence-corrected chi connectivity index (χ2v) is 11.5. The van der Waals surface area contributed by atoms with Gasteiger partial charge in [-0.2, -0.15) is 0 Å². The highest BCUT2D eigenvalue weighted by atomic mass is 35.5. The van der Waals surface area contributed by atoms with Crippen LogP contribution in [0.15, 0.2) is 48.6 Å². The lowest BCUT2D eigenvalue weighted by molar-refractivity contribution is -0.154. The Balaban J connectivity index is 1.64. The standard InChI is InChI=1S/C25H27ClN2O5S/c1-24-10-3-2-4-15-33-23(32)19(24)18-21(30)28(13-14-29)20-22(31)27(12-5-11-25(18,20)34-24)17-8-6-16(26)7-9-17/h3,5-11,18-20,29H,2,4,12-15H2,1H3/b10-3-/t18-,19-,20?,24+,25-/m0/s1. The summed E-state index contributed by atoms with van der Waals surface area (Å²) in [6.45, 7) is 2.33. The van der Waals surface area contributed by atoms with Crippen LogP contribution in [0.1, 0.15) is 19.8 Å². The lowest BCUT2D eigenvalue weighted by Gasteiger charge is -2.36. The number of amides is 2. The number of hydrogen-bond acceptors (Lipinski definition) is 6. The van der Waals surface area contributed by atoms with Gasteiger partial charge in [-0.25, -0.2) is 0 Å². The number of cyclic esters (lactones) is 1. The number of likely N-dealkylation sites (tertiary alicyclic amines) is 1. The first kappa shape index (κ1) is 23.5. The number of anilines is 1. The molecular weight excluding hydrogens is 476 g/mol. The zero-order chi connectivity index (χ0) is 24.1. The molecule has 180 valence electrons. The Labute approximate surface area is 207 Å². The van der Waals surface area contributed by atoms with Crippen LogP contribution in [0.5, 0.6) is 0 Å². The number of ether oxygens (including phenoxy) is 1. The number of hydrogen-bond donors (Lipinski definition) is 1. The zero-order valence-corrected chi connectivity index (χ0v) is 20.4. The molecule has 2 fully saturated rings. The summed E-state index contributed by atoms with van der Waals surface area (Å²) in [6.07, 6.45) is 9.43. The van der Waals surface area contributed by atoms with Crippen molar-refractivity contribution in [3.63, 3.8) is 0 Å². The van der Waals surface area contributed by atoms with Crippen molar-refractivity contribution in [1.29, 1.82) is 0 Å². The van der Waals surface area contributed by atoms with Crippen molar-refractivity contribution < 1.29 is 24.2 Å². The first-order chi connectivity index (χ1) is 16.3. The predicted octanol–water partition coefficient (Wildman–Crippen LogP) is 2.82. The Morgan fingerprint density at radius 2 is 1.88 bits per heavy atom. The maximum Gasteiger partial charge on any atom is 0.311 e. The summed E-state index contributed by atoms with van der Waals surface area (Å²) in [7, 11) is 0. The summed E-state index contributed by atoms with van der Waals surface area (Å²) in [5.41, 5.74) is 0.673. The van der Waals surface area contributed by atoms with Gasteiger partial charge in [-0.05, 0) is 44.0 Å². The molecule has 0 aliphatic carbocycles. The summed E-state index contributed by atoms with van der Waals surface area (Å²) in [6, 6.07) is 6.14. The van der Waals surface area contributed by atoms with E-state index >= 15 is 0 Å². The van der Waals surface area contributed by atoms with E-state index in [1.165, 1.54) is 16.7 Å². The first-order valence-electron chi connectivity index (χ1n) is 11.5. The van der Waals surface area contributed by atoms with Crippen LogP contribution in [0, 0.1) is 11.8 Å². The Morgan fingerprint density at radius 1 is 1.12 bits per heavy atom. The number of halogens is 1. The van der Waals surface area contributed by atoms with Crippen molar-refractivity contribution >= 4 is 46.8 Å². The number of rotatable bonds is 3. The van der Waals surface area contributed by atoms with E-state index in [4.69, 9.17) is 16.3 Å². The predicted molar refractivity (Wildman–Crippen MR) is 131 cm³/mol. The van der Waals surface area contributed by atoms with Gasteiger partial charge < -0.3 is 19.6 Å². The number of fused-ring (bicyclic) bond motifs is 2. The van der Waals surface area contributed by atoms with Crippen LogP contribution in [0.4, 0.5) is 5.69 Å². The Hall–Kier alpha value is -2.29. The van der Waals surface area contributed by atoms with Gasteiger partial charge in [-0.3, -0.25) is 14.4 Å². The minimum atomic E-state index is -0.952. The molecule has 4 aliphatic heterocycles. The number of carbonyl (C=O) groups excluding carboxylic acids is 3. The molecule has 5 rings (SSSR count). The van der Waals surface area contributed by atoms with Crippen LogP contribution >= 0.6 is 23.4 Å². The number of thioether (sulfide) groups is 1. The third-order valence-corrected chi connectivity index (χ3v) is 9.28. The van der Waals surface area contributed by atoms with Gasteiger partial charge in [0.25, 0.3) is 5.91 Å². The van der Waals surface area contributed by atoms with Crippen LogP contribution in [0.3, 0.4) is 0 Å². The van der Waals surface area contributed by atoms with E-state index in [-0.39, 0.29) is 25.0 Å². The molecule has 34 heavy (non-hydrogen) atoms.